The van der Waals surface area contributed by atoms with Crippen LogP contribution in [0.5, 0.6) is 0 Å². The first-order valence-corrected chi connectivity index (χ1v) is 9.65. The molecule has 0 aromatic heterocycles. The molecule has 1 aliphatic heterocycles. The van der Waals surface area contributed by atoms with Gasteiger partial charge in [0.1, 0.15) is 12.1 Å². The molecular formula is C21H24N4O3. The molecule has 1 saturated carbocycles. The van der Waals surface area contributed by atoms with E-state index in [1.807, 2.05) is 42.5 Å². The van der Waals surface area contributed by atoms with Crippen LogP contribution in [0.2, 0.25) is 0 Å². The molecule has 28 heavy (non-hydrogen) atoms. The van der Waals surface area contributed by atoms with Crippen molar-refractivity contribution in [2.45, 2.75) is 37.3 Å². The molecule has 0 bridgehead atoms. The number of fused-ring (bicyclic) bond motifs is 1. The van der Waals surface area contributed by atoms with E-state index in [1.54, 1.807) is 0 Å². The number of amides is 4. The van der Waals surface area contributed by atoms with Crippen molar-refractivity contribution in [1.82, 2.24) is 15.5 Å². The molecule has 4 rings (SSSR count). The number of hydrogen-bond donors (Lipinski definition) is 3. The molecule has 4 N–H and O–H groups in total. The molecule has 7 heteroatoms. The van der Waals surface area contributed by atoms with E-state index in [4.69, 9.17) is 5.73 Å². The average molecular weight is 380 g/mol. The highest BCUT2D eigenvalue weighted by Crippen LogP contribution is 2.34. The van der Waals surface area contributed by atoms with Gasteiger partial charge in [-0.2, -0.15) is 0 Å². The number of nitrogens with one attached hydrogen (secondary N) is 2. The molecule has 2 aromatic carbocycles. The minimum atomic E-state index is -0.803. The fourth-order valence-corrected chi connectivity index (χ4v) is 4.22. The summed E-state index contributed by atoms with van der Waals surface area (Å²) in [5, 5.41) is 7.81. The van der Waals surface area contributed by atoms with E-state index in [0.29, 0.717) is 12.8 Å². The van der Waals surface area contributed by atoms with Crippen LogP contribution >= 0.6 is 0 Å². The Bertz CT molecular complexity index is 936. The minimum Gasteiger partial charge on any atom is -0.346 e. The Morgan fingerprint density at radius 2 is 1.86 bits per heavy atom. The maximum absolute atomic E-state index is 12.7. The van der Waals surface area contributed by atoms with Gasteiger partial charge in [0, 0.05) is 6.54 Å². The standard InChI is InChI=1S/C21H24N4O3/c22-12-17(16-8-7-14-5-1-2-6-15(14)11-16)23-18(26)13-25-19(27)21(24-20(25)28)9-3-4-10-21/h1-2,5-8,11,17H,3-4,9-10,12-13,22H2,(H,23,26)(H,24,28). The average Bonchev–Trinajstić information content (AvgIpc) is 3.26. The van der Waals surface area contributed by atoms with Crippen LogP contribution in [0.3, 0.4) is 0 Å². The molecule has 146 valence electrons. The van der Waals surface area contributed by atoms with Crippen molar-refractivity contribution in [2.24, 2.45) is 5.73 Å². The van der Waals surface area contributed by atoms with E-state index in [0.717, 1.165) is 34.1 Å². The number of benzene rings is 2. The Morgan fingerprint density at radius 3 is 2.57 bits per heavy atom. The predicted molar refractivity (Wildman–Crippen MR) is 105 cm³/mol. The second-order valence-corrected chi connectivity index (χ2v) is 7.57. The van der Waals surface area contributed by atoms with Crippen LogP contribution in [-0.4, -0.2) is 41.4 Å². The van der Waals surface area contributed by atoms with Crippen molar-refractivity contribution in [3.63, 3.8) is 0 Å². The van der Waals surface area contributed by atoms with Gasteiger partial charge in [0.15, 0.2) is 0 Å². The number of nitrogens with two attached hydrogens (primary N) is 1. The minimum absolute atomic E-state index is 0.216. The lowest BCUT2D eigenvalue weighted by molar-refractivity contribution is -0.135. The smallest absolute Gasteiger partial charge is 0.325 e. The number of carbonyl (C=O) groups excluding carboxylic acids is 3. The van der Waals surface area contributed by atoms with Crippen LogP contribution in [0, 0.1) is 0 Å². The summed E-state index contributed by atoms with van der Waals surface area (Å²) in [5.41, 5.74) is 5.97. The highest BCUT2D eigenvalue weighted by molar-refractivity contribution is 6.09. The van der Waals surface area contributed by atoms with Crippen LogP contribution in [0.1, 0.15) is 37.3 Å². The summed E-state index contributed by atoms with van der Waals surface area (Å²) < 4.78 is 0. The fraction of sp³-hybridized carbons (Fsp3) is 0.381. The summed E-state index contributed by atoms with van der Waals surface area (Å²) in [7, 11) is 0. The van der Waals surface area contributed by atoms with Gasteiger partial charge in [-0.3, -0.25) is 14.5 Å². The Labute approximate surface area is 163 Å². The van der Waals surface area contributed by atoms with Gasteiger partial charge in [0.25, 0.3) is 5.91 Å². The molecule has 1 unspecified atom stereocenters. The van der Waals surface area contributed by atoms with Crippen LogP contribution in [0.15, 0.2) is 42.5 Å². The van der Waals surface area contributed by atoms with Crippen LogP contribution < -0.4 is 16.4 Å². The van der Waals surface area contributed by atoms with E-state index in [-0.39, 0.29) is 19.0 Å². The third kappa shape index (κ3) is 3.22. The van der Waals surface area contributed by atoms with Gasteiger partial charge in [-0.15, -0.1) is 0 Å². The molecule has 7 nitrogen and oxygen atoms in total. The first-order chi connectivity index (χ1) is 13.5. The molecule has 0 radical (unpaired) electrons. The molecule has 4 amide bonds. The largest absolute Gasteiger partial charge is 0.346 e. The SMILES string of the molecule is NCC(NC(=O)CN1C(=O)NC2(CCCC2)C1=O)c1ccc2ccccc2c1. The summed E-state index contributed by atoms with van der Waals surface area (Å²) in [6, 6.07) is 13.0. The van der Waals surface area contributed by atoms with Crippen molar-refractivity contribution in [1.29, 1.82) is 0 Å². The maximum Gasteiger partial charge on any atom is 0.325 e. The molecule has 1 aliphatic carbocycles. The van der Waals surface area contributed by atoms with Crippen molar-refractivity contribution < 1.29 is 14.4 Å². The monoisotopic (exact) mass is 380 g/mol. The topological polar surface area (TPSA) is 105 Å². The molecular weight excluding hydrogens is 356 g/mol. The quantitative estimate of drug-likeness (QED) is 0.688. The molecule has 1 atom stereocenters. The van der Waals surface area contributed by atoms with Gasteiger partial charge in [-0.25, -0.2) is 4.79 Å². The number of imide groups is 1. The van der Waals surface area contributed by atoms with Gasteiger partial charge in [0.05, 0.1) is 6.04 Å². The summed E-state index contributed by atoms with van der Waals surface area (Å²) in [4.78, 5) is 38.5. The number of nitrogens with zero attached hydrogens (tertiary/aromatic N) is 1. The maximum atomic E-state index is 12.7. The molecule has 1 spiro atoms. The third-order valence-corrected chi connectivity index (χ3v) is 5.75. The fourth-order valence-electron chi connectivity index (χ4n) is 4.22. The normalized spacial score (nSPS) is 19.2. The number of rotatable bonds is 5. The zero-order chi connectivity index (χ0) is 19.7. The number of carbonyl (C=O) groups is 3. The third-order valence-electron chi connectivity index (χ3n) is 5.75. The Balaban J connectivity index is 1.45. The summed E-state index contributed by atoms with van der Waals surface area (Å²) in [6.07, 6.45) is 3.09. The lowest BCUT2D eigenvalue weighted by Gasteiger charge is -2.21. The van der Waals surface area contributed by atoms with Gasteiger partial charge in [0.2, 0.25) is 5.91 Å². The van der Waals surface area contributed by atoms with Crippen molar-refractivity contribution >= 4 is 28.6 Å². The van der Waals surface area contributed by atoms with E-state index in [9.17, 15) is 14.4 Å². The van der Waals surface area contributed by atoms with E-state index in [1.165, 1.54) is 0 Å². The number of hydrogen-bond acceptors (Lipinski definition) is 4. The zero-order valence-electron chi connectivity index (χ0n) is 15.6. The Kier molecular flexibility index (Phi) is 4.77. The summed E-state index contributed by atoms with van der Waals surface area (Å²) >= 11 is 0. The van der Waals surface area contributed by atoms with Gasteiger partial charge in [-0.05, 0) is 35.2 Å². The number of urea groups is 1. The van der Waals surface area contributed by atoms with Gasteiger partial charge in [-0.1, -0.05) is 49.2 Å². The highest BCUT2D eigenvalue weighted by atomic mass is 16.2. The molecule has 2 aromatic rings. The lowest BCUT2D eigenvalue weighted by Crippen LogP contribution is -2.46. The van der Waals surface area contributed by atoms with Crippen LogP contribution in [-0.2, 0) is 9.59 Å². The Morgan fingerprint density at radius 1 is 1.14 bits per heavy atom. The van der Waals surface area contributed by atoms with E-state index >= 15 is 0 Å². The van der Waals surface area contributed by atoms with Crippen molar-refractivity contribution in [3.05, 3.63) is 48.0 Å². The van der Waals surface area contributed by atoms with Crippen LogP contribution in [0.25, 0.3) is 10.8 Å². The first kappa shape index (κ1) is 18.4. The van der Waals surface area contributed by atoms with Crippen molar-refractivity contribution in [2.75, 3.05) is 13.1 Å². The van der Waals surface area contributed by atoms with Crippen molar-refractivity contribution in [3.8, 4) is 0 Å². The van der Waals surface area contributed by atoms with E-state index < -0.39 is 23.5 Å². The van der Waals surface area contributed by atoms with Gasteiger partial charge < -0.3 is 16.4 Å². The predicted octanol–water partition coefficient (Wildman–Crippen LogP) is 1.82. The lowest BCUT2D eigenvalue weighted by atomic mass is 9.98. The summed E-state index contributed by atoms with van der Waals surface area (Å²) in [5.74, 6) is -0.692. The molecule has 2 aliphatic rings. The second kappa shape index (κ2) is 7.24. The molecule has 1 heterocycles. The Hall–Kier alpha value is -2.93. The highest BCUT2D eigenvalue weighted by Gasteiger charge is 2.52. The molecule has 2 fully saturated rings. The zero-order valence-corrected chi connectivity index (χ0v) is 15.6. The molecule has 1 saturated heterocycles. The van der Waals surface area contributed by atoms with Gasteiger partial charge >= 0.3 is 6.03 Å². The second-order valence-electron chi connectivity index (χ2n) is 7.57. The first-order valence-electron chi connectivity index (χ1n) is 9.65. The van der Waals surface area contributed by atoms with Crippen LogP contribution in [0.4, 0.5) is 4.79 Å². The summed E-state index contributed by atoms with van der Waals surface area (Å²) in [6.45, 7) is -0.0787. The van der Waals surface area contributed by atoms with E-state index in [2.05, 4.69) is 10.6 Å².